The molecule has 1 aromatic carbocycles. The Kier molecular flexibility index (Phi) is 8.19. The van der Waals surface area contributed by atoms with Crippen LogP contribution in [-0.4, -0.2) is 37.0 Å². The van der Waals surface area contributed by atoms with Gasteiger partial charge >= 0.3 is 0 Å². The van der Waals surface area contributed by atoms with Crippen LogP contribution in [0.4, 0.5) is 4.39 Å². The van der Waals surface area contributed by atoms with Crippen molar-refractivity contribution in [3.8, 4) is 0 Å². The third kappa shape index (κ3) is 4.81. The highest BCUT2D eigenvalue weighted by Gasteiger charge is 2.53. The molecule has 6 rings (SSSR count). The number of aliphatic hydroxyl groups is 1. The first-order chi connectivity index (χ1) is 15.4. The number of carbonyl (C=O) groups excluding carboxylic acids is 1. The van der Waals surface area contributed by atoms with Crippen LogP contribution in [0.15, 0.2) is 18.7 Å². The highest BCUT2D eigenvalue weighted by atomic mass is 19.1. The van der Waals surface area contributed by atoms with E-state index in [1.807, 2.05) is 12.9 Å². The van der Waals surface area contributed by atoms with Gasteiger partial charge in [-0.25, -0.2) is 4.39 Å². The van der Waals surface area contributed by atoms with Crippen molar-refractivity contribution in [1.29, 1.82) is 0 Å². The van der Waals surface area contributed by atoms with E-state index in [-0.39, 0.29) is 5.82 Å². The molecule has 1 heterocycles. The third-order valence-electron chi connectivity index (χ3n) is 8.83. The fraction of sp³-hybridized carbons (Fsp3) is 0.679. The van der Waals surface area contributed by atoms with Crippen molar-refractivity contribution >= 4 is 12.5 Å². The Morgan fingerprint density at radius 1 is 1.12 bits per heavy atom. The van der Waals surface area contributed by atoms with Gasteiger partial charge in [-0.15, -0.1) is 0 Å². The molecule has 3 atom stereocenters. The van der Waals surface area contributed by atoms with E-state index in [9.17, 15) is 0 Å². The zero-order chi connectivity index (χ0) is 23.5. The minimum Gasteiger partial charge on any atom is -0.400 e. The predicted octanol–water partition coefficient (Wildman–Crippen LogP) is 6.20. The highest BCUT2D eigenvalue weighted by Crippen LogP contribution is 2.62. The molecule has 0 aromatic heterocycles. The summed E-state index contributed by atoms with van der Waals surface area (Å²) in [6.45, 7) is 13.3. The van der Waals surface area contributed by atoms with Crippen LogP contribution < -0.4 is 0 Å². The van der Waals surface area contributed by atoms with Gasteiger partial charge in [-0.1, -0.05) is 20.4 Å². The number of aryl methyl sites for hydroxylation is 1. The van der Waals surface area contributed by atoms with E-state index in [2.05, 4.69) is 31.4 Å². The number of halogens is 1. The smallest absolute Gasteiger partial charge is 0.132 e. The molecular formula is C28H42FNO2. The van der Waals surface area contributed by atoms with Gasteiger partial charge in [0, 0.05) is 31.5 Å². The van der Waals surface area contributed by atoms with Crippen molar-refractivity contribution in [3.63, 3.8) is 0 Å². The Labute approximate surface area is 194 Å². The lowest BCUT2D eigenvalue weighted by Crippen LogP contribution is -2.52. The maximum atomic E-state index is 15.1. The average Bonchev–Trinajstić information content (AvgIpc) is 3.52. The largest absolute Gasteiger partial charge is 0.400 e. The molecule has 0 amide bonds. The fourth-order valence-electron chi connectivity index (χ4n) is 6.65. The molecular weight excluding hydrogens is 401 g/mol. The summed E-state index contributed by atoms with van der Waals surface area (Å²) < 4.78 is 15.1. The van der Waals surface area contributed by atoms with E-state index in [1.165, 1.54) is 62.5 Å². The van der Waals surface area contributed by atoms with Crippen LogP contribution in [0.25, 0.3) is 5.70 Å². The minimum absolute atomic E-state index is 0.0519. The number of rotatable bonds is 6. The lowest BCUT2D eigenvalue weighted by atomic mass is 9.45. The standard InChI is InChI=1S/C26H36FN.CH4O.CH2O/c1-17(28-12-4-5-13-28)22-16-23(18-6-7-18)20(14-25(22)27)9-8-19-10-11-21-15-24(19)26(21,2)3;2*1-2/h14,16,18-19,21,24H,1,4-13,15H2,2-3H3;2H,1H3;1H2. The Balaban J connectivity index is 0.000000686. The number of hydrogen-bond acceptors (Lipinski definition) is 3. The molecule has 178 valence electrons. The summed E-state index contributed by atoms with van der Waals surface area (Å²) in [5.41, 5.74) is 4.92. The first-order valence-electron chi connectivity index (χ1n) is 12.4. The molecule has 3 nitrogen and oxygen atoms in total. The molecule has 1 saturated heterocycles. The molecule has 2 bridgehead atoms. The van der Waals surface area contributed by atoms with Crippen LogP contribution in [0.1, 0.15) is 87.8 Å². The number of nitrogens with zero attached hydrogens (tertiary/aromatic N) is 1. The summed E-state index contributed by atoms with van der Waals surface area (Å²) in [5, 5.41) is 7.00. The van der Waals surface area contributed by atoms with Crippen LogP contribution in [0, 0.1) is 29.0 Å². The van der Waals surface area contributed by atoms with E-state index in [4.69, 9.17) is 9.90 Å². The molecule has 5 aliphatic rings. The van der Waals surface area contributed by atoms with Gasteiger partial charge in [-0.05, 0) is 110 Å². The van der Waals surface area contributed by atoms with Crippen LogP contribution in [-0.2, 0) is 11.2 Å². The molecule has 4 heteroatoms. The summed E-state index contributed by atoms with van der Waals surface area (Å²) in [6, 6.07) is 4.05. The van der Waals surface area contributed by atoms with Gasteiger partial charge < -0.3 is 14.8 Å². The first kappa shape index (κ1) is 25.0. The Morgan fingerprint density at radius 2 is 1.78 bits per heavy atom. The average molecular weight is 444 g/mol. The van der Waals surface area contributed by atoms with E-state index in [0.29, 0.717) is 11.3 Å². The fourth-order valence-corrected chi connectivity index (χ4v) is 6.65. The zero-order valence-electron chi connectivity index (χ0n) is 20.3. The second-order valence-electron chi connectivity index (χ2n) is 10.7. The van der Waals surface area contributed by atoms with Crippen LogP contribution >= 0.6 is 0 Å². The van der Waals surface area contributed by atoms with E-state index in [1.54, 1.807) is 0 Å². The Hall–Kier alpha value is -1.68. The van der Waals surface area contributed by atoms with Crippen LogP contribution in [0.3, 0.4) is 0 Å². The van der Waals surface area contributed by atoms with Crippen molar-refractivity contribution in [1.82, 2.24) is 4.90 Å². The summed E-state index contributed by atoms with van der Waals surface area (Å²) >= 11 is 0. The lowest BCUT2D eigenvalue weighted by molar-refractivity contribution is -0.106. The molecule has 1 aromatic rings. The van der Waals surface area contributed by atoms with E-state index < -0.39 is 0 Å². The van der Waals surface area contributed by atoms with Crippen LogP contribution in [0.2, 0.25) is 0 Å². The van der Waals surface area contributed by atoms with E-state index >= 15 is 4.39 Å². The molecule has 4 saturated carbocycles. The number of benzene rings is 1. The van der Waals surface area contributed by atoms with Gasteiger partial charge in [-0.3, -0.25) is 0 Å². The Morgan fingerprint density at radius 3 is 2.34 bits per heavy atom. The van der Waals surface area contributed by atoms with Gasteiger partial charge in [0.15, 0.2) is 0 Å². The normalized spacial score (nSPS) is 27.4. The molecule has 3 unspecified atom stereocenters. The first-order valence-corrected chi connectivity index (χ1v) is 12.4. The molecule has 0 radical (unpaired) electrons. The van der Waals surface area contributed by atoms with Gasteiger partial charge in [0.05, 0.1) is 0 Å². The second kappa shape index (κ2) is 10.5. The van der Waals surface area contributed by atoms with Gasteiger partial charge in [0.1, 0.15) is 12.6 Å². The zero-order valence-corrected chi connectivity index (χ0v) is 20.3. The topological polar surface area (TPSA) is 40.5 Å². The summed E-state index contributed by atoms with van der Waals surface area (Å²) in [4.78, 5) is 10.3. The summed E-state index contributed by atoms with van der Waals surface area (Å²) in [7, 11) is 1.00. The number of fused-ring (bicyclic) bond motifs is 2. The van der Waals surface area contributed by atoms with E-state index in [0.717, 1.165) is 55.6 Å². The van der Waals surface area contributed by atoms with Gasteiger partial charge in [0.2, 0.25) is 0 Å². The maximum Gasteiger partial charge on any atom is 0.132 e. The van der Waals surface area contributed by atoms with Gasteiger partial charge in [-0.2, -0.15) is 0 Å². The third-order valence-corrected chi connectivity index (χ3v) is 8.83. The number of hydrogen-bond donors (Lipinski definition) is 1. The number of likely N-dealkylation sites (tertiary alicyclic amines) is 1. The highest BCUT2D eigenvalue weighted by molar-refractivity contribution is 5.64. The molecule has 32 heavy (non-hydrogen) atoms. The number of aliphatic hydroxyl groups excluding tert-OH is 1. The SMILES string of the molecule is C=C(c1cc(C2CC2)c(CCC2CCC3CC2C3(C)C)cc1F)N1CCCC1.C=O.CO. The lowest BCUT2D eigenvalue weighted by Gasteiger charge is -2.60. The molecule has 4 aliphatic carbocycles. The Bertz CT molecular complexity index is 793. The molecule has 1 aliphatic heterocycles. The van der Waals surface area contributed by atoms with Crippen LogP contribution in [0.5, 0.6) is 0 Å². The van der Waals surface area contributed by atoms with Gasteiger partial charge in [0.25, 0.3) is 0 Å². The van der Waals surface area contributed by atoms with Crippen molar-refractivity contribution in [2.24, 2.45) is 23.2 Å². The quantitative estimate of drug-likeness (QED) is 0.569. The maximum absolute atomic E-state index is 15.1. The summed E-state index contributed by atoms with van der Waals surface area (Å²) in [6.07, 6.45) is 11.5. The molecule has 1 N–H and O–H groups in total. The van der Waals surface area contributed by atoms with Crippen molar-refractivity contribution in [2.75, 3.05) is 20.2 Å². The predicted molar refractivity (Wildman–Crippen MR) is 130 cm³/mol. The van der Waals surface area contributed by atoms with Crippen molar-refractivity contribution < 1.29 is 14.3 Å². The minimum atomic E-state index is -0.0519. The van der Waals surface area contributed by atoms with Crippen molar-refractivity contribution in [3.05, 3.63) is 41.2 Å². The molecule has 0 spiro atoms. The molecule has 5 fully saturated rings. The monoisotopic (exact) mass is 443 g/mol. The number of carbonyl (C=O) groups is 1. The summed E-state index contributed by atoms with van der Waals surface area (Å²) in [5.74, 6) is 3.31. The van der Waals surface area contributed by atoms with Crippen molar-refractivity contribution in [2.45, 2.75) is 77.6 Å². The second-order valence-corrected chi connectivity index (χ2v) is 10.7.